The van der Waals surface area contributed by atoms with Gasteiger partial charge in [0, 0.05) is 16.2 Å². The highest BCUT2D eigenvalue weighted by Crippen LogP contribution is 2.24. The Morgan fingerprint density at radius 1 is 1.55 bits per heavy atom. The number of rotatable bonds is 7. The van der Waals surface area contributed by atoms with E-state index in [1.807, 2.05) is 31.4 Å². The molecule has 0 aliphatic carbocycles. The molecule has 0 spiro atoms. The molecule has 0 aromatic carbocycles. The number of carbonyl (C=O) groups excluding carboxylic acids is 1. The largest absolute Gasteiger partial charge is 0.383 e. The fourth-order valence-electron chi connectivity index (χ4n) is 1.95. The first-order valence-electron chi connectivity index (χ1n) is 6.92. The van der Waals surface area contributed by atoms with Crippen molar-refractivity contribution in [3.05, 3.63) is 39.4 Å². The lowest BCUT2D eigenvalue weighted by Crippen LogP contribution is -2.38. The van der Waals surface area contributed by atoms with Crippen molar-refractivity contribution in [3.8, 4) is 0 Å². The molecule has 22 heavy (non-hydrogen) atoms. The van der Waals surface area contributed by atoms with Crippen molar-refractivity contribution in [2.45, 2.75) is 32.1 Å². The third-order valence-electron chi connectivity index (χ3n) is 3.34. The second-order valence-electron chi connectivity index (χ2n) is 5.32. The number of aliphatic hydroxyl groups is 1. The second kappa shape index (κ2) is 7.30. The molecular formula is C15H20N2O3S2. The van der Waals surface area contributed by atoms with Crippen LogP contribution in [-0.2, 0) is 16.1 Å². The van der Waals surface area contributed by atoms with E-state index in [9.17, 15) is 9.90 Å². The maximum absolute atomic E-state index is 11.9. The molecule has 0 saturated heterocycles. The molecule has 2 aromatic heterocycles. The van der Waals surface area contributed by atoms with Crippen molar-refractivity contribution in [2.24, 2.45) is 0 Å². The van der Waals surface area contributed by atoms with Gasteiger partial charge in [-0.1, -0.05) is 11.2 Å². The van der Waals surface area contributed by atoms with Crippen LogP contribution in [0.5, 0.6) is 0 Å². The van der Waals surface area contributed by atoms with Crippen LogP contribution in [0.4, 0.5) is 0 Å². The Balaban J connectivity index is 1.75. The average Bonchev–Trinajstić information content (AvgIpc) is 3.10. The predicted molar refractivity (Wildman–Crippen MR) is 89.0 cm³/mol. The predicted octanol–water partition coefficient (Wildman–Crippen LogP) is 2.61. The first-order chi connectivity index (χ1) is 10.4. The minimum absolute atomic E-state index is 0.0893. The summed E-state index contributed by atoms with van der Waals surface area (Å²) in [7, 11) is 0. The number of nitrogens with one attached hydrogen (secondary N) is 1. The van der Waals surface area contributed by atoms with Gasteiger partial charge in [0.25, 0.3) is 0 Å². The maximum atomic E-state index is 11.9. The lowest BCUT2D eigenvalue weighted by atomic mass is 10.1. The lowest BCUT2D eigenvalue weighted by Gasteiger charge is -2.22. The van der Waals surface area contributed by atoms with E-state index < -0.39 is 5.60 Å². The zero-order valence-electron chi connectivity index (χ0n) is 12.9. The molecule has 1 amide bonds. The number of hydrogen-bond donors (Lipinski definition) is 2. The Bertz CT molecular complexity index is 601. The Hall–Kier alpha value is -1.31. The van der Waals surface area contributed by atoms with E-state index in [1.54, 1.807) is 6.92 Å². The summed E-state index contributed by atoms with van der Waals surface area (Å²) < 4.78 is 5.09. The highest BCUT2D eigenvalue weighted by atomic mass is 32.2. The lowest BCUT2D eigenvalue weighted by molar-refractivity contribution is -0.119. The van der Waals surface area contributed by atoms with E-state index in [0.29, 0.717) is 11.5 Å². The minimum Gasteiger partial charge on any atom is -0.383 e. The van der Waals surface area contributed by atoms with Crippen LogP contribution in [0.25, 0.3) is 0 Å². The maximum Gasteiger partial charge on any atom is 0.230 e. The normalized spacial score (nSPS) is 13.8. The molecule has 7 heteroatoms. The zero-order chi connectivity index (χ0) is 16.2. The highest BCUT2D eigenvalue weighted by molar-refractivity contribution is 7.99. The molecule has 0 saturated carbocycles. The molecule has 1 atom stereocenters. The number of hydrogen-bond acceptors (Lipinski definition) is 6. The molecule has 120 valence electrons. The average molecular weight is 340 g/mol. The molecule has 2 aromatic rings. The number of aryl methyl sites for hydroxylation is 2. The number of aromatic nitrogens is 1. The number of thioether (sulfide) groups is 1. The summed E-state index contributed by atoms with van der Waals surface area (Å²) in [5, 5.41) is 18.9. The second-order valence-corrected chi connectivity index (χ2v) is 7.26. The first kappa shape index (κ1) is 17.1. The molecular weight excluding hydrogens is 320 g/mol. The van der Waals surface area contributed by atoms with Crippen molar-refractivity contribution in [1.29, 1.82) is 0 Å². The van der Waals surface area contributed by atoms with E-state index >= 15 is 0 Å². The summed E-state index contributed by atoms with van der Waals surface area (Å²) in [6.07, 6.45) is 0. The summed E-state index contributed by atoms with van der Waals surface area (Å²) in [4.78, 5) is 12.7. The molecule has 0 aliphatic rings. The van der Waals surface area contributed by atoms with E-state index in [0.717, 1.165) is 21.9 Å². The van der Waals surface area contributed by atoms with Gasteiger partial charge in [-0.3, -0.25) is 4.79 Å². The van der Waals surface area contributed by atoms with Crippen LogP contribution < -0.4 is 5.32 Å². The third-order valence-corrected chi connectivity index (χ3v) is 5.42. The van der Waals surface area contributed by atoms with Gasteiger partial charge in [-0.25, -0.2) is 0 Å². The Labute approximate surface area is 138 Å². The van der Waals surface area contributed by atoms with Gasteiger partial charge in [0.1, 0.15) is 11.4 Å². The van der Waals surface area contributed by atoms with Crippen LogP contribution in [0.1, 0.15) is 28.8 Å². The fraction of sp³-hybridized carbons (Fsp3) is 0.467. The first-order valence-corrected chi connectivity index (χ1v) is 8.96. The number of thiophene rings is 1. The smallest absolute Gasteiger partial charge is 0.230 e. The summed E-state index contributed by atoms with van der Waals surface area (Å²) in [6, 6.07) is 3.75. The van der Waals surface area contributed by atoms with Crippen LogP contribution in [0.15, 0.2) is 22.0 Å². The molecule has 0 fully saturated rings. The van der Waals surface area contributed by atoms with Gasteiger partial charge < -0.3 is 14.9 Å². The SMILES string of the molecule is Cc1noc(C)c1CSCC(=O)NCC(C)(O)c1cccs1. The molecule has 0 aliphatic heterocycles. The number of carbonyl (C=O) groups is 1. The van der Waals surface area contributed by atoms with Crippen LogP contribution in [0.2, 0.25) is 0 Å². The molecule has 2 heterocycles. The van der Waals surface area contributed by atoms with E-state index in [4.69, 9.17) is 4.52 Å². The van der Waals surface area contributed by atoms with E-state index in [2.05, 4.69) is 10.5 Å². The van der Waals surface area contributed by atoms with Crippen LogP contribution in [0.3, 0.4) is 0 Å². The molecule has 0 radical (unpaired) electrons. The molecule has 2 rings (SSSR count). The number of nitrogens with zero attached hydrogens (tertiary/aromatic N) is 1. The molecule has 0 bridgehead atoms. The summed E-state index contributed by atoms with van der Waals surface area (Å²) in [6.45, 7) is 5.67. The van der Waals surface area contributed by atoms with Crippen molar-refractivity contribution in [3.63, 3.8) is 0 Å². The van der Waals surface area contributed by atoms with Crippen LogP contribution in [0, 0.1) is 13.8 Å². The van der Waals surface area contributed by atoms with Crippen molar-refractivity contribution < 1.29 is 14.4 Å². The van der Waals surface area contributed by atoms with Crippen LogP contribution >= 0.6 is 23.1 Å². The Morgan fingerprint density at radius 2 is 2.32 bits per heavy atom. The van der Waals surface area contributed by atoms with E-state index in [-0.39, 0.29) is 12.5 Å². The van der Waals surface area contributed by atoms with Gasteiger partial charge in [0.05, 0.1) is 18.0 Å². The molecule has 1 unspecified atom stereocenters. The molecule has 2 N–H and O–H groups in total. The van der Waals surface area contributed by atoms with Gasteiger partial charge in [-0.2, -0.15) is 0 Å². The van der Waals surface area contributed by atoms with Gasteiger partial charge in [0.2, 0.25) is 5.91 Å². The highest BCUT2D eigenvalue weighted by Gasteiger charge is 2.24. The zero-order valence-corrected chi connectivity index (χ0v) is 14.5. The van der Waals surface area contributed by atoms with Crippen molar-refractivity contribution in [1.82, 2.24) is 10.5 Å². The van der Waals surface area contributed by atoms with Crippen molar-refractivity contribution in [2.75, 3.05) is 12.3 Å². The van der Waals surface area contributed by atoms with Crippen LogP contribution in [-0.4, -0.2) is 28.5 Å². The van der Waals surface area contributed by atoms with Gasteiger partial charge in [0.15, 0.2) is 0 Å². The molecule has 5 nitrogen and oxygen atoms in total. The van der Waals surface area contributed by atoms with Gasteiger partial charge in [-0.05, 0) is 32.2 Å². The summed E-state index contributed by atoms with van der Waals surface area (Å²) >= 11 is 2.98. The Morgan fingerprint density at radius 3 is 2.91 bits per heavy atom. The fourth-order valence-corrected chi connectivity index (χ4v) is 3.74. The summed E-state index contributed by atoms with van der Waals surface area (Å²) in [5.41, 5.74) is 0.880. The standard InChI is InChI=1S/C15H20N2O3S2/c1-10-12(11(2)20-17-10)7-21-8-14(18)16-9-15(3,19)13-5-4-6-22-13/h4-6,19H,7-9H2,1-3H3,(H,16,18). The van der Waals surface area contributed by atoms with Gasteiger partial charge in [-0.15, -0.1) is 23.1 Å². The van der Waals surface area contributed by atoms with Crippen molar-refractivity contribution >= 4 is 29.0 Å². The number of amides is 1. The Kier molecular flexibility index (Phi) is 5.66. The third kappa shape index (κ3) is 4.34. The summed E-state index contributed by atoms with van der Waals surface area (Å²) in [5.74, 6) is 1.74. The monoisotopic (exact) mass is 340 g/mol. The van der Waals surface area contributed by atoms with Gasteiger partial charge >= 0.3 is 0 Å². The topological polar surface area (TPSA) is 75.4 Å². The van der Waals surface area contributed by atoms with E-state index in [1.165, 1.54) is 23.1 Å². The quantitative estimate of drug-likeness (QED) is 0.810. The minimum atomic E-state index is -1.03.